The van der Waals surface area contributed by atoms with E-state index < -0.39 is 30.1 Å². The van der Waals surface area contributed by atoms with Crippen LogP contribution in [0.25, 0.3) is 11.0 Å². The SMILES string of the molecule is Cc1oc2ccc(OCc3ccccc3)cc2c1C(=O)NC1C[C@H](C(=O)O)N(C(=O)O)C1. The van der Waals surface area contributed by atoms with Crippen LogP contribution < -0.4 is 10.1 Å². The van der Waals surface area contributed by atoms with E-state index in [-0.39, 0.29) is 13.0 Å². The van der Waals surface area contributed by atoms with Crippen molar-refractivity contribution < 1.29 is 33.8 Å². The maximum absolute atomic E-state index is 13.0. The fourth-order valence-electron chi connectivity index (χ4n) is 3.96. The number of benzene rings is 2. The molecule has 1 saturated heterocycles. The first-order valence-corrected chi connectivity index (χ1v) is 10.1. The van der Waals surface area contributed by atoms with E-state index in [1.165, 1.54) is 0 Å². The molecule has 2 heterocycles. The molecule has 0 aliphatic carbocycles. The van der Waals surface area contributed by atoms with Crippen molar-refractivity contribution in [3.05, 3.63) is 65.4 Å². The predicted molar refractivity (Wildman–Crippen MR) is 114 cm³/mol. The van der Waals surface area contributed by atoms with Gasteiger partial charge in [-0.25, -0.2) is 9.59 Å². The Kier molecular flexibility index (Phi) is 5.72. The zero-order chi connectivity index (χ0) is 22.8. The Bertz CT molecular complexity index is 1150. The van der Waals surface area contributed by atoms with E-state index in [0.717, 1.165) is 10.5 Å². The highest BCUT2D eigenvalue weighted by Gasteiger charge is 2.40. The Morgan fingerprint density at radius 3 is 2.56 bits per heavy atom. The Balaban J connectivity index is 1.53. The summed E-state index contributed by atoms with van der Waals surface area (Å²) in [6, 6.07) is 13.1. The van der Waals surface area contributed by atoms with E-state index in [0.29, 0.717) is 34.6 Å². The second-order valence-electron chi connectivity index (χ2n) is 7.66. The number of carboxylic acid groups (broad SMARTS) is 2. The second-order valence-corrected chi connectivity index (χ2v) is 7.66. The van der Waals surface area contributed by atoms with E-state index in [2.05, 4.69) is 5.32 Å². The van der Waals surface area contributed by atoms with Crippen molar-refractivity contribution in [2.45, 2.75) is 32.0 Å². The molecule has 9 nitrogen and oxygen atoms in total. The van der Waals surface area contributed by atoms with Gasteiger partial charge in [0.1, 0.15) is 29.7 Å². The normalized spacial score (nSPS) is 18.0. The molecular formula is C23H22N2O7. The molecule has 0 bridgehead atoms. The Morgan fingerprint density at radius 2 is 1.91 bits per heavy atom. The minimum atomic E-state index is -1.33. The lowest BCUT2D eigenvalue weighted by atomic mass is 10.1. The molecule has 0 saturated carbocycles. The Labute approximate surface area is 183 Å². The molecule has 1 fully saturated rings. The average molecular weight is 438 g/mol. The van der Waals surface area contributed by atoms with Crippen molar-refractivity contribution in [1.29, 1.82) is 0 Å². The van der Waals surface area contributed by atoms with Crippen LogP contribution in [-0.2, 0) is 11.4 Å². The largest absolute Gasteiger partial charge is 0.489 e. The summed E-state index contributed by atoms with van der Waals surface area (Å²) in [7, 11) is 0. The summed E-state index contributed by atoms with van der Waals surface area (Å²) in [6.45, 7) is 1.93. The van der Waals surface area contributed by atoms with Gasteiger partial charge >= 0.3 is 12.1 Å². The summed E-state index contributed by atoms with van der Waals surface area (Å²) in [5.74, 6) is -0.724. The molecule has 2 aromatic carbocycles. The lowest BCUT2D eigenvalue weighted by Gasteiger charge is -2.16. The number of ether oxygens (including phenoxy) is 1. The number of carbonyl (C=O) groups excluding carboxylic acids is 1. The van der Waals surface area contributed by atoms with E-state index in [1.807, 2.05) is 30.3 Å². The number of fused-ring (bicyclic) bond motifs is 1. The quantitative estimate of drug-likeness (QED) is 0.539. The van der Waals surface area contributed by atoms with Gasteiger partial charge in [0, 0.05) is 24.4 Å². The number of nitrogens with zero attached hydrogens (tertiary/aromatic N) is 1. The van der Waals surface area contributed by atoms with E-state index in [9.17, 15) is 24.6 Å². The number of furan rings is 1. The minimum Gasteiger partial charge on any atom is -0.489 e. The zero-order valence-electron chi connectivity index (χ0n) is 17.3. The zero-order valence-corrected chi connectivity index (χ0v) is 17.3. The summed E-state index contributed by atoms with van der Waals surface area (Å²) in [4.78, 5) is 36.5. The molecular weight excluding hydrogens is 416 g/mol. The third kappa shape index (κ3) is 4.22. The Morgan fingerprint density at radius 1 is 1.16 bits per heavy atom. The van der Waals surface area contributed by atoms with Gasteiger partial charge in [0.05, 0.1) is 5.56 Å². The molecule has 3 aromatic rings. The molecule has 166 valence electrons. The van der Waals surface area contributed by atoms with Crippen LogP contribution >= 0.6 is 0 Å². The van der Waals surface area contributed by atoms with Gasteiger partial charge < -0.3 is 24.7 Å². The smallest absolute Gasteiger partial charge is 0.408 e. The number of nitrogens with one attached hydrogen (secondary N) is 1. The van der Waals surface area contributed by atoms with Crippen molar-refractivity contribution in [2.75, 3.05) is 6.54 Å². The summed E-state index contributed by atoms with van der Waals surface area (Å²) in [6.07, 6.45) is -1.34. The third-order valence-electron chi connectivity index (χ3n) is 5.48. The first-order chi connectivity index (χ1) is 15.3. The molecule has 0 radical (unpaired) electrons. The fourth-order valence-corrected chi connectivity index (χ4v) is 3.96. The van der Waals surface area contributed by atoms with E-state index >= 15 is 0 Å². The highest BCUT2D eigenvalue weighted by Crippen LogP contribution is 2.30. The van der Waals surface area contributed by atoms with Crippen LogP contribution in [0.3, 0.4) is 0 Å². The number of carbonyl (C=O) groups is 3. The fraction of sp³-hybridized carbons (Fsp3) is 0.261. The van der Waals surface area contributed by atoms with Gasteiger partial charge in [-0.05, 0) is 30.7 Å². The van der Waals surface area contributed by atoms with Gasteiger partial charge in [-0.2, -0.15) is 0 Å². The maximum Gasteiger partial charge on any atom is 0.408 e. The van der Waals surface area contributed by atoms with Crippen molar-refractivity contribution >= 4 is 28.9 Å². The molecule has 9 heteroatoms. The van der Waals surface area contributed by atoms with Crippen LogP contribution in [0, 0.1) is 6.92 Å². The first-order valence-electron chi connectivity index (χ1n) is 10.1. The summed E-state index contributed by atoms with van der Waals surface area (Å²) in [5, 5.41) is 21.8. The van der Waals surface area contributed by atoms with Crippen LogP contribution in [0.1, 0.15) is 28.1 Å². The van der Waals surface area contributed by atoms with Crippen LogP contribution in [0.2, 0.25) is 0 Å². The van der Waals surface area contributed by atoms with Crippen LogP contribution in [0.4, 0.5) is 4.79 Å². The van der Waals surface area contributed by atoms with Crippen LogP contribution in [0.15, 0.2) is 52.9 Å². The first kappa shape index (κ1) is 21.2. The molecule has 2 amide bonds. The van der Waals surface area contributed by atoms with Gasteiger partial charge in [-0.1, -0.05) is 30.3 Å². The molecule has 1 aliphatic heterocycles. The molecule has 4 rings (SSSR count). The minimum absolute atomic E-state index is 0.00631. The second kappa shape index (κ2) is 8.62. The summed E-state index contributed by atoms with van der Waals surface area (Å²) >= 11 is 0. The standard InChI is InChI=1S/C23H22N2O7/c1-13-20(21(26)24-15-9-18(22(27)28)25(11-15)23(29)30)17-10-16(7-8-19(17)32-13)31-12-14-5-3-2-4-6-14/h2-8,10,15,18H,9,11-12H2,1H3,(H,24,26)(H,27,28)(H,29,30)/t15?,18-/m1/s1. The van der Waals surface area contributed by atoms with Crippen molar-refractivity contribution in [1.82, 2.24) is 10.2 Å². The monoisotopic (exact) mass is 438 g/mol. The van der Waals surface area contributed by atoms with Gasteiger partial charge in [0.2, 0.25) is 0 Å². The van der Waals surface area contributed by atoms with Crippen LogP contribution in [-0.4, -0.2) is 51.7 Å². The van der Waals surface area contributed by atoms with Crippen molar-refractivity contribution in [2.24, 2.45) is 0 Å². The highest BCUT2D eigenvalue weighted by molar-refractivity contribution is 6.07. The molecule has 0 spiro atoms. The number of hydrogen-bond acceptors (Lipinski definition) is 5. The van der Waals surface area contributed by atoms with Crippen molar-refractivity contribution in [3.8, 4) is 5.75 Å². The third-order valence-corrected chi connectivity index (χ3v) is 5.48. The topological polar surface area (TPSA) is 129 Å². The van der Waals surface area contributed by atoms with Gasteiger partial charge in [-0.15, -0.1) is 0 Å². The highest BCUT2D eigenvalue weighted by atomic mass is 16.5. The number of rotatable bonds is 6. The van der Waals surface area contributed by atoms with Gasteiger partial charge in [-0.3, -0.25) is 9.69 Å². The lowest BCUT2D eigenvalue weighted by Crippen LogP contribution is -2.40. The number of carboxylic acids is 1. The molecule has 3 N–H and O–H groups in total. The number of aryl methyl sites for hydroxylation is 1. The van der Waals surface area contributed by atoms with Gasteiger partial charge in [0.15, 0.2) is 0 Å². The van der Waals surface area contributed by atoms with Gasteiger partial charge in [0.25, 0.3) is 5.91 Å². The maximum atomic E-state index is 13.0. The lowest BCUT2D eigenvalue weighted by molar-refractivity contribution is -0.141. The molecule has 32 heavy (non-hydrogen) atoms. The summed E-state index contributed by atoms with van der Waals surface area (Å²) < 4.78 is 11.6. The molecule has 1 unspecified atom stereocenters. The predicted octanol–water partition coefficient (Wildman–Crippen LogP) is 3.26. The average Bonchev–Trinajstić information content (AvgIpc) is 3.33. The van der Waals surface area contributed by atoms with E-state index in [4.69, 9.17) is 9.15 Å². The number of likely N-dealkylation sites (tertiary alicyclic amines) is 1. The molecule has 2 atom stereocenters. The molecule has 1 aromatic heterocycles. The molecule has 1 aliphatic rings. The van der Waals surface area contributed by atoms with Crippen molar-refractivity contribution in [3.63, 3.8) is 0 Å². The number of hydrogen-bond donors (Lipinski definition) is 3. The van der Waals surface area contributed by atoms with Crippen LogP contribution in [0.5, 0.6) is 5.75 Å². The Hall–Kier alpha value is -4.01. The van der Waals surface area contributed by atoms with E-state index in [1.54, 1.807) is 25.1 Å². The number of aliphatic carboxylic acids is 1. The summed E-state index contributed by atoms with van der Waals surface area (Å²) in [5.41, 5.74) is 1.83. The number of amides is 2.